The molecule has 0 unspecified atom stereocenters. The average molecular weight is 452 g/mol. The topological polar surface area (TPSA) is 92.8 Å². The Hall–Kier alpha value is -3.11. The number of benzene rings is 2. The summed E-state index contributed by atoms with van der Waals surface area (Å²) in [4.78, 5) is 23.6. The number of esters is 1. The van der Waals surface area contributed by atoms with E-state index >= 15 is 0 Å². The molecule has 31 heavy (non-hydrogen) atoms. The molecule has 0 aliphatic heterocycles. The standard InChI is InChI=1S/C21H22F2N2O5S/c1-3-25(4-2)31(28,29)17-9-5-15(6-10-17)7-12-21(27)30-14-20(26)24-16-8-11-18(22)19(23)13-16/h5-13H,3-4,14H2,1-2H3,(H,24,26)/b12-7+. The number of ether oxygens (including phenoxy) is 1. The predicted molar refractivity (Wildman–Crippen MR) is 112 cm³/mol. The number of hydrogen-bond acceptors (Lipinski definition) is 5. The molecular weight excluding hydrogens is 430 g/mol. The second kappa shape index (κ2) is 10.8. The second-order valence-corrected chi connectivity index (χ2v) is 8.21. The van der Waals surface area contributed by atoms with Gasteiger partial charge in [0, 0.05) is 30.9 Å². The molecule has 10 heteroatoms. The van der Waals surface area contributed by atoms with Crippen LogP contribution in [0.5, 0.6) is 0 Å². The van der Waals surface area contributed by atoms with Gasteiger partial charge in [-0.25, -0.2) is 22.0 Å². The van der Waals surface area contributed by atoms with Crippen LogP contribution >= 0.6 is 0 Å². The van der Waals surface area contributed by atoms with Gasteiger partial charge in [0.05, 0.1) is 4.90 Å². The molecule has 166 valence electrons. The van der Waals surface area contributed by atoms with E-state index in [9.17, 15) is 26.8 Å². The Labute approximate surface area is 179 Å². The number of amides is 1. The van der Waals surface area contributed by atoms with Crippen LogP contribution in [0.4, 0.5) is 14.5 Å². The highest BCUT2D eigenvalue weighted by Crippen LogP contribution is 2.17. The lowest BCUT2D eigenvalue weighted by Gasteiger charge is -2.18. The number of halogens is 2. The number of nitrogens with zero attached hydrogens (tertiary/aromatic N) is 1. The summed E-state index contributed by atoms with van der Waals surface area (Å²) in [5, 5.41) is 2.27. The van der Waals surface area contributed by atoms with Gasteiger partial charge in [0.2, 0.25) is 10.0 Å². The zero-order valence-electron chi connectivity index (χ0n) is 17.0. The largest absolute Gasteiger partial charge is 0.452 e. The molecule has 0 fully saturated rings. The molecule has 1 amide bonds. The third-order valence-corrected chi connectivity index (χ3v) is 6.25. The van der Waals surface area contributed by atoms with Crippen LogP contribution in [0.25, 0.3) is 6.08 Å². The lowest BCUT2D eigenvalue weighted by atomic mass is 10.2. The van der Waals surface area contributed by atoms with E-state index in [-0.39, 0.29) is 10.6 Å². The monoisotopic (exact) mass is 452 g/mol. The lowest BCUT2D eigenvalue weighted by molar-refractivity contribution is -0.142. The Morgan fingerprint density at radius 2 is 1.68 bits per heavy atom. The molecule has 0 bridgehead atoms. The van der Waals surface area contributed by atoms with Gasteiger partial charge in [0.25, 0.3) is 5.91 Å². The maximum absolute atomic E-state index is 13.1. The van der Waals surface area contributed by atoms with Crippen molar-refractivity contribution in [1.82, 2.24) is 4.31 Å². The number of rotatable bonds is 9. The smallest absolute Gasteiger partial charge is 0.331 e. The van der Waals surface area contributed by atoms with Crippen molar-refractivity contribution in [3.05, 3.63) is 65.7 Å². The minimum atomic E-state index is -3.57. The Balaban J connectivity index is 1.89. The van der Waals surface area contributed by atoms with Gasteiger partial charge in [0.15, 0.2) is 18.2 Å². The number of carbonyl (C=O) groups is 2. The summed E-state index contributed by atoms with van der Waals surface area (Å²) in [6.45, 7) is 3.60. The first-order chi connectivity index (χ1) is 14.7. The molecule has 2 aromatic rings. The molecule has 0 aliphatic carbocycles. The molecule has 7 nitrogen and oxygen atoms in total. The Morgan fingerprint density at radius 3 is 2.26 bits per heavy atom. The summed E-state index contributed by atoms with van der Waals surface area (Å²) in [6, 6.07) is 8.78. The van der Waals surface area contributed by atoms with Crippen molar-refractivity contribution in [3.8, 4) is 0 Å². The minimum absolute atomic E-state index is 0.0234. The quantitative estimate of drug-likeness (QED) is 0.466. The van der Waals surface area contributed by atoms with Crippen LogP contribution in [0.3, 0.4) is 0 Å². The van der Waals surface area contributed by atoms with Crippen molar-refractivity contribution in [2.75, 3.05) is 25.0 Å². The number of sulfonamides is 1. The van der Waals surface area contributed by atoms with E-state index in [2.05, 4.69) is 5.32 Å². The molecule has 0 heterocycles. The van der Waals surface area contributed by atoms with Crippen molar-refractivity contribution >= 4 is 33.7 Å². The highest BCUT2D eigenvalue weighted by Gasteiger charge is 2.20. The molecular formula is C21H22F2N2O5S. The molecule has 0 aromatic heterocycles. The van der Waals surface area contributed by atoms with Crippen molar-refractivity contribution in [2.45, 2.75) is 18.7 Å². The fourth-order valence-corrected chi connectivity index (χ4v) is 4.04. The van der Waals surface area contributed by atoms with Gasteiger partial charge < -0.3 is 10.1 Å². The van der Waals surface area contributed by atoms with E-state index in [1.807, 2.05) is 0 Å². The van der Waals surface area contributed by atoms with E-state index in [0.717, 1.165) is 18.2 Å². The SMILES string of the molecule is CCN(CC)S(=O)(=O)c1ccc(/C=C/C(=O)OCC(=O)Nc2ccc(F)c(F)c2)cc1. The summed E-state index contributed by atoms with van der Waals surface area (Å²) in [6.07, 6.45) is 2.49. The first kappa shape index (κ1) is 24.2. The molecule has 0 saturated heterocycles. The van der Waals surface area contributed by atoms with Crippen molar-refractivity contribution in [3.63, 3.8) is 0 Å². The number of hydrogen-bond donors (Lipinski definition) is 1. The van der Waals surface area contributed by atoms with Crippen LogP contribution in [-0.4, -0.2) is 44.3 Å². The van der Waals surface area contributed by atoms with Gasteiger partial charge in [-0.1, -0.05) is 26.0 Å². The number of carbonyl (C=O) groups excluding carboxylic acids is 2. The second-order valence-electron chi connectivity index (χ2n) is 6.28. The van der Waals surface area contributed by atoms with Gasteiger partial charge in [-0.05, 0) is 35.9 Å². The van der Waals surface area contributed by atoms with E-state index in [4.69, 9.17) is 4.74 Å². The maximum Gasteiger partial charge on any atom is 0.331 e. The van der Waals surface area contributed by atoms with E-state index < -0.39 is 40.1 Å². The average Bonchev–Trinajstić information content (AvgIpc) is 2.74. The predicted octanol–water partition coefficient (Wildman–Crippen LogP) is 3.19. The normalized spacial score (nSPS) is 11.6. The van der Waals surface area contributed by atoms with Crippen LogP contribution in [0.1, 0.15) is 19.4 Å². The zero-order valence-corrected chi connectivity index (χ0v) is 17.8. The van der Waals surface area contributed by atoms with Gasteiger partial charge in [-0.3, -0.25) is 4.79 Å². The number of anilines is 1. The molecule has 2 rings (SSSR count). The Bertz CT molecular complexity index is 1070. The van der Waals surface area contributed by atoms with E-state index in [1.54, 1.807) is 13.8 Å². The van der Waals surface area contributed by atoms with Gasteiger partial charge in [-0.15, -0.1) is 0 Å². The zero-order chi connectivity index (χ0) is 23.0. The summed E-state index contributed by atoms with van der Waals surface area (Å²) in [5.74, 6) is -3.69. The van der Waals surface area contributed by atoms with Gasteiger partial charge >= 0.3 is 5.97 Å². The van der Waals surface area contributed by atoms with Crippen molar-refractivity contribution in [2.24, 2.45) is 0 Å². The third-order valence-electron chi connectivity index (χ3n) is 4.18. The van der Waals surface area contributed by atoms with Crippen molar-refractivity contribution in [1.29, 1.82) is 0 Å². The molecule has 0 radical (unpaired) electrons. The summed E-state index contributed by atoms with van der Waals surface area (Å²) < 4.78 is 57.0. The molecule has 2 aromatic carbocycles. The summed E-state index contributed by atoms with van der Waals surface area (Å²) >= 11 is 0. The minimum Gasteiger partial charge on any atom is -0.452 e. The Morgan fingerprint density at radius 1 is 1.03 bits per heavy atom. The van der Waals surface area contributed by atoms with E-state index in [1.165, 1.54) is 40.7 Å². The lowest BCUT2D eigenvalue weighted by Crippen LogP contribution is -2.30. The third kappa shape index (κ3) is 6.69. The van der Waals surface area contributed by atoms with E-state index in [0.29, 0.717) is 18.7 Å². The molecule has 0 spiro atoms. The first-order valence-electron chi connectivity index (χ1n) is 9.37. The fourth-order valence-electron chi connectivity index (χ4n) is 2.58. The summed E-state index contributed by atoms with van der Waals surface area (Å²) in [5.41, 5.74) is 0.580. The first-order valence-corrected chi connectivity index (χ1v) is 10.8. The summed E-state index contributed by atoms with van der Waals surface area (Å²) in [7, 11) is -3.57. The number of nitrogens with one attached hydrogen (secondary N) is 1. The van der Waals surface area contributed by atoms with Crippen LogP contribution in [0, 0.1) is 11.6 Å². The Kier molecular flexibility index (Phi) is 8.40. The van der Waals surface area contributed by atoms with Gasteiger partial charge in [-0.2, -0.15) is 4.31 Å². The van der Waals surface area contributed by atoms with Gasteiger partial charge in [0.1, 0.15) is 0 Å². The van der Waals surface area contributed by atoms with Crippen LogP contribution in [-0.2, 0) is 24.3 Å². The van der Waals surface area contributed by atoms with Crippen LogP contribution in [0.15, 0.2) is 53.4 Å². The molecule has 0 atom stereocenters. The molecule has 0 aliphatic rings. The highest BCUT2D eigenvalue weighted by molar-refractivity contribution is 7.89. The van der Waals surface area contributed by atoms with Crippen LogP contribution in [0.2, 0.25) is 0 Å². The van der Waals surface area contributed by atoms with Crippen LogP contribution < -0.4 is 5.32 Å². The van der Waals surface area contributed by atoms with Crippen molar-refractivity contribution < 1.29 is 31.5 Å². The molecule has 0 saturated carbocycles. The maximum atomic E-state index is 13.1. The fraction of sp³-hybridized carbons (Fsp3) is 0.238. The highest BCUT2D eigenvalue weighted by atomic mass is 32.2. The molecule has 1 N–H and O–H groups in total.